The van der Waals surface area contributed by atoms with Crippen molar-refractivity contribution < 1.29 is 19.4 Å². The first-order valence-electron chi connectivity index (χ1n) is 10.5. The second-order valence-corrected chi connectivity index (χ2v) is 8.16. The number of methoxy groups -OCH3 is 1. The van der Waals surface area contributed by atoms with E-state index in [0.717, 1.165) is 17.0 Å². The van der Waals surface area contributed by atoms with Gasteiger partial charge in [-0.3, -0.25) is 9.36 Å². The number of carboxylic acid groups (broad SMARTS) is 1. The fraction of sp³-hybridized carbons (Fsp3) is 0.0800. The lowest BCUT2D eigenvalue weighted by atomic mass is 10.1. The summed E-state index contributed by atoms with van der Waals surface area (Å²) in [6.45, 7) is 0. The molecule has 1 amide bonds. The van der Waals surface area contributed by atoms with Gasteiger partial charge in [-0.2, -0.15) is 5.10 Å². The number of aromatic nitrogens is 3. The van der Waals surface area contributed by atoms with Gasteiger partial charge in [0.25, 0.3) is 5.91 Å². The number of benzene rings is 3. The average molecular weight is 488 g/mol. The van der Waals surface area contributed by atoms with Crippen molar-refractivity contribution in [2.24, 2.45) is 5.10 Å². The number of hydrogen-bond donors (Lipinski definition) is 2. The largest absolute Gasteiger partial charge is 0.497 e. The highest BCUT2D eigenvalue weighted by Crippen LogP contribution is 2.28. The molecular formula is C25H21N5O4S. The fourth-order valence-electron chi connectivity index (χ4n) is 3.15. The molecule has 0 aliphatic rings. The first-order valence-corrected chi connectivity index (χ1v) is 11.5. The summed E-state index contributed by atoms with van der Waals surface area (Å²) in [5.41, 5.74) is 5.04. The van der Waals surface area contributed by atoms with Crippen molar-refractivity contribution in [1.82, 2.24) is 20.2 Å². The predicted molar refractivity (Wildman–Crippen MR) is 133 cm³/mol. The molecule has 0 bridgehead atoms. The van der Waals surface area contributed by atoms with Crippen molar-refractivity contribution in [3.05, 3.63) is 90.0 Å². The third-order valence-electron chi connectivity index (χ3n) is 4.89. The van der Waals surface area contributed by atoms with E-state index in [1.807, 2.05) is 59.2 Å². The fourth-order valence-corrected chi connectivity index (χ4v) is 3.90. The Morgan fingerprint density at radius 2 is 1.74 bits per heavy atom. The van der Waals surface area contributed by atoms with E-state index in [0.29, 0.717) is 16.5 Å². The molecule has 0 unspecified atom stereocenters. The van der Waals surface area contributed by atoms with Crippen LogP contribution in [0.25, 0.3) is 17.1 Å². The van der Waals surface area contributed by atoms with Crippen LogP contribution in [0.15, 0.2) is 89.1 Å². The number of rotatable bonds is 9. The number of hydrogen-bond acceptors (Lipinski definition) is 7. The Balaban J connectivity index is 1.46. The first-order chi connectivity index (χ1) is 17.0. The van der Waals surface area contributed by atoms with Crippen LogP contribution in [0.5, 0.6) is 5.75 Å². The maximum atomic E-state index is 12.4. The van der Waals surface area contributed by atoms with Gasteiger partial charge in [0.1, 0.15) is 5.75 Å². The molecule has 0 saturated heterocycles. The van der Waals surface area contributed by atoms with Gasteiger partial charge in [-0.05, 0) is 54.1 Å². The van der Waals surface area contributed by atoms with E-state index in [-0.39, 0.29) is 17.2 Å². The standard InChI is InChI=1S/C25H21N5O4S/c1-34-21-13-11-18(12-14-21)23-28-29-25(30(23)20-5-3-2-4-6-20)35-16-22(31)27-26-15-17-7-9-19(10-8-17)24(32)33/h2-15H,16H2,1H3,(H,27,31)(H,32,33)/b26-15+. The lowest BCUT2D eigenvalue weighted by Gasteiger charge is -2.10. The lowest BCUT2D eigenvalue weighted by Crippen LogP contribution is -2.20. The SMILES string of the molecule is COc1ccc(-c2nnc(SCC(=O)N/N=C/c3ccc(C(=O)O)cc3)n2-c2ccccc2)cc1. The van der Waals surface area contributed by atoms with Crippen LogP contribution in [-0.4, -0.2) is 50.8 Å². The number of hydrazone groups is 1. The number of nitrogens with zero attached hydrogens (tertiary/aromatic N) is 4. The third-order valence-corrected chi connectivity index (χ3v) is 5.82. The summed E-state index contributed by atoms with van der Waals surface area (Å²) in [5.74, 6) is 0.135. The monoisotopic (exact) mass is 487 g/mol. The number of nitrogens with one attached hydrogen (secondary N) is 1. The van der Waals surface area contributed by atoms with Crippen LogP contribution in [0.3, 0.4) is 0 Å². The molecule has 1 heterocycles. The van der Waals surface area contributed by atoms with E-state index in [9.17, 15) is 9.59 Å². The summed E-state index contributed by atoms with van der Waals surface area (Å²) >= 11 is 1.24. The summed E-state index contributed by atoms with van der Waals surface area (Å²) in [4.78, 5) is 23.3. The minimum Gasteiger partial charge on any atom is -0.497 e. The smallest absolute Gasteiger partial charge is 0.335 e. The zero-order valence-corrected chi connectivity index (χ0v) is 19.5. The molecule has 0 fully saturated rings. The average Bonchev–Trinajstić information content (AvgIpc) is 3.32. The normalized spacial score (nSPS) is 10.9. The van der Waals surface area contributed by atoms with Gasteiger partial charge in [-0.1, -0.05) is 42.1 Å². The lowest BCUT2D eigenvalue weighted by molar-refractivity contribution is -0.118. The minimum atomic E-state index is -1.00. The van der Waals surface area contributed by atoms with Gasteiger partial charge in [0.2, 0.25) is 0 Å². The van der Waals surface area contributed by atoms with E-state index < -0.39 is 5.97 Å². The summed E-state index contributed by atoms with van der Waals surface area (Å²) in [7, 11) is 1.61. The van der Waals surface area contributed by atoms with Crippen molar-refractivity contribution in [3.8, 4) is 22.8 Å². The van der Waals surface area contributed by atoms with Gasteiger partial charge in [0.15, 0.2) is 11.0 Å². The second kappa shape index (κ2) is 11.1. The van der Waals surface area contributed by atoms with Crippen molar-refractivity contribution in [1.29, 1.82) is 0 Å². The molecule has 4 rings (SSSR count). The van der Waals surface area contributed by atoms with Gasteiger partial charge in [-0.15, -0.1) is 10.2 Å². The first kappa shape index (κ1) is 23.7. The van der Waals surface area contributed by atoms with Crippen LogP contribution in [0.2, 0.25) is 0 Å². The summed E-state index contributed by atoms with van der Waals surface area (Å²) in [6, 6.07) is 23.3. The van der Waals surface area contributed by atoms with Crippen LogP contribution in [0.4, 0.5) is 0 Å². The van der Waals surface area contributed by atoms with Crippen molar-refractivity contribution in [2.45, 2.75) is 5.16 Å². The Bertz CT molecular complexity index is 1340. The molecule has 0 aliphatic carbocycles. The van der Waals surface area contributed by atoms with Gasteiger partial charge < -0.3 is 9.84 Å². The van der Waals surface area contributed by atoms with Gasteiger partial charge in [0.05, 0.1) is 24.6 Å². The Hall–Kier alpha value is -4.44. The molecule has 0 radical (unpaired) electrons. The number of carboxylic acids is 1. The van der Waals surface area contributed by atoms with Crippen LogP contribution < -0.4 is 10.2 Å². The molecule has 2 N–H and O–H groups in total. The molecule has 9 nitrogen and oxygen atoms in total. The highest BCUT2D eigenvalue weighted by atomic mass is 32.2. The molecule has 4 aromatic rings. The minimum absolute atomic E-state index is 0.0723. The van der Waals surface area contributed by atoms with Crippen molar-refractivity contribution in [2.75, 3.05) is 12.9 Å². The molecule has 0 saturated carbocycles. The molecule has 3 aromatic carbocycles. The van der Waals surface area contributed by atoms with Crippen molar-refractivity contribution >= 4 is 29.9 Å². The van der Waals surface area contributed by atoms with E-state index in [1.54, 1.807) is 19.2 Å². The number of aromatic carboxylic acids is 1. The summed E-state index contributed by atoms with van der Waals surface area (Å²) in [6.07, 6.45) is 1.45. The molecule has 176 valence electrons. The summed E-state index contributed by atoms with van der Waals surface area (Å²) in [5, 5.41) is 22.1. The van der Waals surface area contributed by atoms with Crippen LogP contribution in [0.1, 0.15) is 15.9 Å². The number of ether oxygens (including phenoxy) is 1. The van der Waals surface area contributed by atoms with E-state index in [2.05, 4.69) is 20.7 Å². The molecule has 0 spiro atoms. The van der Waals surface area contributed by atoms with E-state index in [4.69, 9.17) is 9.84 Å². The topological polar surface area (TPSA) is 119 Å². The number of carbonyl (C=O) groups excluding carboxylic acids is 1. The Morgan fingerprint density at radius 1 is 1.03 bits per heavy atom. The maximum Gasteiger partial charge on any atom is 0.335 e. The Morgan fingerprint density at radius 3 is 2.40 bits per heavy atom. The number of thioether (sulfide) groups is 1. The maximum absolute atomic E-state index is 12.4. The zero-order chi connectivity index (χ0) is 24.6. The van der Waals surface area contributed by atoms with Gasteiger partial charge in [-0.25, -0.2) is 10.2 Å². The van der Waals surface area contributed by atoms with Gasteiger partial charge in [0, 0.05) is 11.3 Å². The number of amides is 1. The highest BCUT2D eigenvalue weighted by Gasteiger charge is 2.17. The van der Waals surface area contributed by atoms with Crippen LogP contribution >= 0.6 is 11.8 Å². The summed E-state index contributed by atoms with van der Waals surface area (Å²) < 4.78 is 7.13. The third kappa shape index (κ3) is 5.92. The molecule has 35 heavy (non-hydrogen) atoms. The van der Waals surface area contributed by atoms with Gasteiger partial charge >= 0.3 is 5.97 Å². The number of para-hydroxylation sites is 1. The Kier molecular flexibility index (Phi) is 7.53. The van der Waals surface area contributed by atoms with E-state index >= 15 is 0 Å². The van der Waals surface area contributed by atoms with Crippen molar-refractivity contribution in [3.63, 3.8) is 0 Å². The Labute approximate surface area is 205 Å². The second-order valence-electron chi connectivity index (χ2n) is 7.21. The zero-order valence-electron chi connectivity index (χ0n) is 18.7. The molecule has 10 heteroatoms. The highest BCUT2D eigenvalue weighted by molar-refractivity contribution is 7.99. The van der Waals surface area contributed by atoms with Crippen LogP contribution in [0, 0.1) is 0 Å². The number of carbonyl (C=O) groups is 2. The molecule has 0 atom stereocenters. The quantitative estimate of drug-likeness (QED) is 0.209. The predicted octanol–water partition coefficient (Wildman–Crippen LogP) is 3.88. The molecular weight excluding hydrogens is 466 g/mol. The van der Waals surface area contributed by atoms with Crippen LogP contribution in [-0.2, 0) is 4.79 Å². The molecule has 0 aliphatic heterocycles. The van der Waals surface area contributed by atoms with E-state index in [1.165, 1.54) is 30.1 Å². The molecule has 1 aromatic heterocycles.